The first-order valence-corrected chi connectivity index (χ1v) is 13.2. The summed E-state index contributed by atoms with van der Waals surface area (Å²) >= 11 is 6.60. The zero-order valence-corrected chi connectivity index (χ0v) is 21.6. The summed E-state index contributed by atoms with van der Waals surface area (Å²) < 4.78 is 42.0. The van der Waals surface area contributed by atoms with Crippen molar-refractivity contribution in [3.05, 3.63) is 69.2 Å². The molecule has 1 unspecified atom stereocenters. The van der Waals surface area contributed by atoms with E-state index >= 15 is 0 Å². The van der Waals surface area contributed by atoms with Gasteiger partial charge < -0.3 is 10.4 Å². The van der Waals surface area contributed by atoms with Crippen LogP contribution in [0.2, 0.25) is 5.02 Å². The van der Waals surface area contributed by atoms with Gasteiger partial charge in [-0.05, 0) is 85.1 Å². The van der Waals surface area contributed by atoms with Gasteiger partial charge in [-0.1, -0.05) is 23.7 Å². The van der Waals surface area contributed by atoms with Gasteiger partial charge in [-0.2, -0.15) is 18.3 Å². The number of thioether (sulfide) groups is 1. The molecule has 2 aromatic carbocycles. The van der Waals surface area contributed by atoms with Gasteiger partial charge in [0.15, 0.2) is 0 Å². The first-order valence-electron chi connectivity index (χ1n) is 12.1. The van der Waals surface area contributed by atoms with Crippen molar-refractivity contribution in [1.82, 2.24) is 20.0 Å². The van der Waals surface area contributed by atoms with Crippen molar-refractivity contribution < 1.29 is 27.9 Å². The molecule has 1 aromatic heterocycles. The second-order valence-corrected chi connectivity index (χ2v) is 10.8. The number of benzene rings is 2. The number of aromatic nitrogens is 2. The van der Waals surface area contributed by atoms with Gasteiger partial charge in [-0.15, -0.1) is 0 Å². The first-order chi connectivity index (χ1) is 18.1. The van der Waals surface area contributed by atoms with E-state index in [9.17, 15) is 27.9 Å². The summed E-state index contributed by atoms with van der Waals surface area (Å²) in [5.74, 6) is -0.417. The molecule has 12 heteroatoms. The third-order valence-corrected chi connectivity index (χ3v) is 7.97. The summed E-state index contributed by atoms with van der Waals surface area (Å²) in [6.45, 7) is 1.45. The number of fused-ring (bicyclic) bond motifs is 1. The molecule has 38 heavy (non-hydrogen) atoms. The molecule has 2 amide bonds. The Morgan fingerprint density at radius 3 is 2.68 bits per heavy atom. The fourth-order valence-corrected chi connectivity index (χ4v) is 5.83. The first kappa shape index (κ1) is 26.7. The van der Waals surface area contributed by atoms with E-state index in [1.807, 2.05) is 0 Å². The zero-order chi connectivity index (χ0) is 27.0. The Bertz CT molecular complexity index is 1420. The maximum Gasteiger partial charge on any atom is 0.416 e. The van der Waals surface area contributed by atoms with E-state index < -0.39 is 29.0 Å². The third kappa shape index (κ3) is 5.61. The molecule has 0 saturated carbocycles. The average Bonchev–Trinajstić information content (AvgIpc) is 3.40. The van der Waals surface area contributed by atoms with Crippen molar-refractivity contribution >= 4 is 51.5 Å². The number of carbonyl (C=O) groups excluding carboxylic acids is 2. The summed E-state index contributed by atoms with van der Waals surface area (Å²) in [5, 5.41) is 18.3. The van der Waals surface area contributed by atoms with Crippen molar-refractivity contribution in [1.29, 1.82) is 0 Å². The summed E-state index contributed by atoms with van der Waals surface area (Å²) in [7, 11) is 0. The molecule has 3 heterocycles. The summed E-state index contributed by atoms with van der Waals surface area (Å²) in [5.41, 5.74) is 0.481. The smallest absolute Gasteiger partial charge is 0.391 e. The quantitative estimate of drug-likeness (QED) is 0.403. The number of alkyl halides is 3. The Labute approximate surface area is 225 Å². The largest absolute Gasteiger partial charge is 0.416 e. The minimum Gasteiger partial charge on any atom is -0.391 e. The van der Waals surface area contributed by atoms with Gasteiger partial charge in [0.1, 0.15) is 0 Å². The van der Waals surface area contributed by atoms with Crippen LogP contribution >= 0.6 is 23.4 Å². The van der Waals surface area contributed by atoms with Gasteiger partial charge in [0.05, 0.1) is 41.4 Å². The van der Waals surface area contributed by atoms with Crippen LogP contribution in [0.5, 0.6) is 0 Å². The van der Waals surface area contributed by atoms with Crippen molar-refractivity contribution in [2.24, 2.45) is 5.92 Å². The molecule has 0 spiro atoms. The van der Waals surface area contributed by atoms with E-state index in [1.54, 1.807) is 24.3 Å². The summed E-state index contributed by atoms with van der Waals surface area (Å²) in [4.78, 5) is 26.8. The van der Waals surface area contributed by atoms with Gasteiger partial charge in [0.25, 0.3) is 11.1 Å². The molecule has 0 radical (unpaired) electrons. The maximum absolute atomic E-state index is 13.5. The van der Waals surface area contributed by atoms with Crippen LogP contribution in [0.25, 0.3) is 17.0 Å². The number of imide groups is 1. The number of rotatable bonds is 6. The second kappa shape index (κ2) is 10.7. The number of aliphatic hydroxyl groups excluding tert-OH is 1. The lowest BCUT2D eigenvalue weighted by molar-refractivity contribution is -0.138. The normalized spacial score (nSPS) is 19.2. The van der Waals surface area contributed by atoms with Gasteiger partial charge in [0.2, 0.25) is 0 Å². The van der Waals surface area contributed by atoms with Crippen LogP contribution < -0.4 is 5.32 Å². The van der Waals surface area contributed by atoms with E-state index in [1.165, 1.54) is 23.0 Å². The number of hydrogen-bond donors (Lipinski definition) is 2. The average molecular weight is 565 g/mol. The highest BCUT2D eigenvalue weighted by Crippen LogP contribution is 2.35. The Kier molecular flexibility index (Phi) is 7.54. The van der Waals surface area contributed by atoms with Crippen LogP contribution in [0.3, 0.4) is 0 Å². The standard InChI is InChI=1S/C26H24ClF3N4O3S/c27-19-3-2-17(20(11-19)26(28,29)30)13-34-21-4-1-15(9-18(21)12-32-34)10-23-24(36)33(25(37)38-23)14-22(35)16-5-7-31-8-6-16/h1-4,9-12,16,22,31,35H,5-8,13-14H2. The molecule has 3 aromatic rings. The van der Waals surface area contributed by atoms with Crippen LogP contribution in [-0.4, -0.2) is 56.7 Å². The number of aliphatic hydroxyl groups is 1. The van der Waals surface area contributed by atoms with E-state index in [0.717, 1.165) is 48.7 Å². The molecule has 0 aliphatic carbocycles. The Morgan fingerprint density at radius 2 is 1.95 bits per heavy atom. The Morgan fingerprint density at radius 1 is 1.18 bits per heavy atom. The lowest BCUT2D eigenvalue weighted by Crippen LogP contribution is -2.42. The molecular formula is C26H24ClF3N4O3S. The molecular weight excluding hydrogens is 541 g/mol. The predicted octanol–water partition coefficient (Wildman–Crippen LogP) is 5.15. The van der Waals surface area contributed by atoms with Crippen molar-refractivity contribution in [3.8, 4) is 0 Å². The Balaban J connectivity index is 1.33. The van der Waals surface area contributed by atoms with Crippen molar-refractivity contribution in [3.63, 3.8) is 0 Å². The molecule has 2 fully saturated rings. The molecule has 2 N–H and O–H groups in total. The predicted molar refractivity (Wildman–Crippen MR) is 140 cm³/mol. The molecule has 2 aliphatic rings. The van der Waals surface area contributed by atoms with Crippen LogP contribution in [0.1, 0.15) is 29.5 Å². The molecule has 5 rings (SSSR count). The molecule has 1 atom stereocenters. The second-order valence-electron chi connectivity index (χ2n) is 9.37. The van der Waals surface area contributed by atoms with Gasteiger partial charge in [0, 0.05) is 10.4 Å². The fraction of sp³-hybridized carbons (Fsp3) is 0.346. The van der Waals surface area contributed by atoms with E-state index in [2.05, 4.69) is 10.4 Å². The van der Waals surface area contributed by atoms with E-state index in [4.69, 9.17) is 11.6 Å². The van der Waals surface area contributed by atoms with E-state index in [-0.39, 0.29) is 34.5 Å². The lowest BCUT2D eigenvalue weighted by Gasteiger charge is -2.29. The zero-order valence-electron chi connectivity index (χ0n) is 20.0. The number of β-amino-alcohol motifs (C(OH)–C–C–N with tert-alkyl or cyclic N) is 1. The number of carbonyl (C=O) groups is 2. The van der Waals surface area contributed by atoms with Gasteiger partial charge >= 0.3 is 6.18 Å². The number of halogens is 4. The van der Waals surface area contributed by atoms with Crippen molar-refractivity contribution in [2.75, 3.05) is 19.6 Å². The molecule has 2 saturated heterocycles. The molecule has 0 bridgehead atoms. The van der Waals surface area contributed by atoms with Gasteiger partial charge in [-0.25, -0.2) is 0 Å². The summed E-state index contributed by atoms with van der Waals surface area (Å²) in [6.07, 6.45) is -0.613. The topological polar surface area (TPSA) is 87.5 Å². The minimum absolute atomic E-state index is 0.00116. The number of piperidine rings is 1. The fourth-order valence-electron chi connectivity index (χ4n) is 4.81. The third-order valence-electron chi connectivity index (χ3n) is 6.83. The highest BCUT2D eigenvalue weighted by Gasteiger charge is 2.38. The number of nitrogens with one attached hydrogen (secondary N) is 1. The molecule has 2 aliphatic heterocycles. The monoisotopic (exact) mass is 564 g/mol. The van der Waals surface area contributed by atoms with Crippen LogP contribution in [-0.2, 0) is 17.5 Å². The summed E-state index contributed by atoms with van der Waals surface area (Å²) in [6, 6.07) is 8.83. The highest BCUT2D eigenvalue weighted by molar-refractivity contribution is 8.18. The number of hydrogen-bond acceptors (Lipinski definition) is 6. The Hall–Kier alpha value is -2.86. The van der Waals surface area contributed by atoms with Gasteiger partial charge in [-0.3, -0.25) is 19.2 Å². The van der Waals surface area contributed by atoms with Crippen molar-refractivity contribution in [2.45, 2.75) is 31.7 Å². The van der Waals surface area contributed by atoms with Crippen LogP contribution in [0.15, 0.2) is 47.5 Å². The van der Waals surface area contributed by atoms with Crippen LogP contribution in [0, 0.1) is 5.92 Å². The number of amides is 2. The SMILES string of the molecule is O=C1SC(=Cc2ccc3c(cnn3Cc3ccc(Cl)cc3C(F)(F)F)c2)C(=O)N1CC(O)C1CCNCC1. The van der Waals surface area contributed by atoms with E-state index in [0.29, 0.717) is 16.5 Å². The molecule has 7 nitrogen and oxygen atoms in total. The maximum atomic E-state index is 13.5. The number of nitrogens with zero attached hydrogens (tertiary/aromatic N) is 3. The lowest BCUT2D eigenvalue weighted by atomic mass is 9.92. The molecule has 200 valence electrons. The minimum atomic E-state index is -4.55. The highest BCUT2D eigenvalue weighted by atomic mass is 35.5. The van der Waals surface area contributed by atoms with Crippen LogP contribution in [0.4, 0.5) is 18.0 Å².